The van der Waals surface area contributed by atoms with Crippen LogP contribution in [-0.4, -0.2) is 37.5 Å². The standard InChI is InChI=1S/C23H34N6O/c1-5-28-11-10-24-21(28)14-25-22(30)23(9-8-16(2)3)13-18-6-7-19(23)29(18)20-12-17(4)26-15-27-20/h10-12,15-16,18-19H,5-9,13-14H2,1-4H3,(H,25,30)/t18-,19+,23+/m1/s1. The number of aryl methyl sites for hydroxylation is 2. The summed E-state index contributed by atoms with van der Waals surface area (Å²) in [5.41, 5.74) is 0.602. The van der Waals surface area contributed by atoms with Crippen LogP contribution >= 0.6 is 0 Å². The molecule has 0 spiro atoms. The highest BCUT2D eigenvalue weighted by molar-refractivity contribution is 5.85. The van der Waals surface area contributed by atoms with Gasteiger partial charge in [0.05, 0.1) is 12.0 Å². The molecule has 4 heterocycles. The molecule has 2 aliphatic rings. The largest absolute Gasteiger partial charge is 0.349 e. The molecule has 2 aliphatic heterocycles. The lowest BCUT2D eigenvalue weighted by Gasteiger charge is -2.37. The molecule has 0 aliphatic carbocycles. The van der Waals surface area contributed by atoms with Gasteiger partial charge in [-0.15, -0.1) is 0 Å². The molecule has 1 N–H and O–H groups in total. The molecule has 162 valence electrons. The lowest BCUT2D eigenvalue weighted by Crippen LogP contribution is -2.49. The molecule has 0 aromatic carbocycles. The van der Waals surface area contributed by atoms with Gasteiger partial charge in [0.15, 0.2) is 0 Å². The summed E-state index contributed by atoms with van der Waals surface area (Å²) in [7, 11) is 0. The third kappa shape index (κ3) is 3.70. The summed E-state index contributed by atoms with van der Waals surface area (Å²) in [6.45, 7) is 9.90. The summed E-state index contributed by atoms with van der Waals surface area (Å²) < 4.78 is 2.08. The first-order valence-electron chi connectivity index (χ1n) is 11.3. The highest BCUT2D eigenvalue weighted by Crippen LogP contribution is 2.54. The van der Waals surface area contributed by atoms with E-state index in [2.05, 4.69) is 56.6 Å². The van der Waals surface area contributed by atoms with Crippen molar-refractivity contribution in [3.63, 3.8) is 0 Å². The molecule has 1 amide bonds. The van der Waals surface area contributed by atoms with Gasteiger partial charge in [-0.2, -0.15) is 0 Å². The first-order chi connectivity index (χ1) is 14.4. The predicted molar refractivity (Wildman–Crippen MR) is 117 cm³/mol. The van der Waals surface area contributed by atoms with Crippen molar-refractivity contribution in [2.24, 2.45) is 11.3 Å². The van der Waals surface area contributed by atoms with E-state index in [0.717, 1.165) is 56.0 Å². The molecule has 4 rings (SSSR count). The summed E-state index contributed by atoms with van der Waals surface area (Å²) in [4.78, 5) is 29.4. The van der Waals surface area contributed by atoms with Crippen LogP contribution in [0.1, 0.15) is 64.4 Å². The van der Waals surface area contributed by atoms with Crippen molar-refractivity contribution in [1.29, 1.82) is 0 Å². The molecular formula is C23H34N6O. The van der Waals surface area contributed by atoms with E-state index in [9.17, 15) is 4.79 Å². The minimum absolute atomic E-state index is 0.178. The summed E-state index contributed by atoms with van der Waals surface area (Å²) in [5.74, 6) is 2.63. The number of hydrogen-bond acceptors (Lipinski definition) is 5. The number of anilines is 1. The van der Waals surface area contributed by atoms with E-state index in [0.29, 0.717) is 18.5 Å². The minimum atomic E-state index is -0.365. The summed E-state index contributed by atoms with van der Waals surface area (Å²) in [5, 5.41) is 3.25. The Morgan fingerprint density at radius 2 is 2.13 bits per heavy atom. The van der Waals surface area contributed by atoms with Gasteiger partial charge in [-0.1, -0.05) is 13.8 Å². The number of carbonyl (C=O) groups is 1. The van der Waals surface area contributed by atoms with Crippen LogP contribution in [0.25, 0.3) is 0 Å². The number of nitrogens with one attached hydrogen (secondary N) is 1. The van der Waals surface area contributed by atoms with E-state index < -0.39 is 0 Å². The quantitative estimate of drug-likeness (QED) is 0.721. The van der Waals surface area contributed by atoms with Crippen molar-refractivity contribution in [2.75, 3.05) is 4.90 Å². The normalized spacial score (nSPS) is 25.3. The van der Waals surface area contributed by atoms with Gasteiger partial charge in [0.2, 0.25) is 5.91 Å². The highest BCUT2D eigenvalue weighted by atomic mass is 16.2. The zero-order valence-corrected chi connectivity index (χ0v) is 18.6. The van der Waals surface area contributed by atoms with Crippen LogP contribution in [0.2, 0.25) is 0 Å². The van der Waals surface area contributed by atoms with E-state index in [1.807, 2.05) is 13.1 Å². The van der Waals surface area contributed by atoms with Crippen LogP contribution in [0.3, 0.4) is 0 Å². The third-order valence-electron chi connectivity index (χ3n) is 6.96. The van der Waals surface area contributed by atoms with E-state index in [1.165, 1.54) is 0 Å². The molecule has 2 aromatic heterocycles. The molecule has 3 atom stereocenters. The molecule has 2 fully saturated rings. The maximum absolute atomic E-state index is 13.7. The zero-order valence-electron chi connectivity index (χ0n) is 18.6. The lowest BCUT2D eigenvalue weighted by molar-refractivity contribution is -0.133. The van der Waals surface area contributed by atoms with Crippen LogP contribution in [-0.2, 0) is 17.9 Å². The molecule has 7 heteroatoms. The number of hydrogen-bond donors (Lipinski definition) is 1. The number of nitrogens with zero attached hydrogens (tertiary/aromatic N) is 5. The van der Waals surface area contributed by atoms with Crippen LogP contribution in [0, 0.1) is 18.3 Å². The molecule has 7 nitrogen and oxygen atoms in total. The second-order valence-electron chi connectivity index (χ2n) is 9.28. The fraction of sp³-hybridized carbons (Fsp3) is 0.652. The molecular weight excluding hydrogens is 376 g/mol. The van der Waals surface area contributed by atoms with Gasteiger partial charge in [-0.05, 0) is 51.9 Å². The van der Waals surface area contributed by atoms with Crippen LogP contribution < -0.4 is 10.2 Å². The predicted octanol–water partition coefficient (Wildman–Crippen LogP) is 3.48. The molecule has 2 aromatic rings. The van der Waals surface area contributed by atoms with Gasteiger partial charge < -0.3 is 14.8 Å². The van der Waals surface area contributed by atoms with Gasteiger partial charge >= 0.3 is 0 Å². The Labute approximate surface area is 179 Å². The van der Waals surface area contributed by atoms with Crippen LogP contribution in [0.15, 0.2) is 24.8 Å². The fourth-order valence-electron chi connectivity index (χ4n) is 5.41. The van der Waals surface area contributed by atoms with E-state index in [1.54, 1.807) is 12.5 Å². The maximum atomic E-state index is 13.7. The first-order valence-corrected chi connectivity index (χ1v) is 11.3. The van der Waals surface area contributed by atoms with Crippen LogP contribution in [0.5, 0.6) is 0 Å². The molecule has 0 radical (unpaired) electrons. The monoisotopic (exact) mass is 410 g/mol. The Kier molecular flexibility index (Phi) is 5.80. The molecule has 2 bridgehead atoms. The molecule has 2 saturated heterocycles. The Balaban J connectivity index is 1.59. The van der Waals surface area contributed by atoms with Gasteiger partial charge in [-0.25, -0.2) is 15.0 Å². The highest BCUT2D eigenvalue weighted by Gasteiger charge is 2.59. The van der Waals surface area contributed by atoms with E-state index in [4.69, 9.17) is 0 Å². The lowest BCUT2D eigenvalue weighted by atomic mass is 9.69. The van der Waals surface area contributed by atoms with Gasteiger partial charge in [0, 0.05) is 42.8 Å². The van der Waals surface area contributed by atoms with E-state index in [-0.39, 0.29) is 17.4 Å². The minimum Gasteiger partial charge on any atom is -0.349 e. The summed E-state index contributed by atoms with van der Waals surface area (Å²) in [6, 6.07) is 2.63. The number of aromatic nitrogens is 4. The third-order valence-corrected chi connectivity index (χ3v) is 6.96. The maximum Gasteiger partial charge on any atom is 0.228 e. The second kappa shape index (κ2) is 8.36. The Hall–Kier alpha value is -2.44. The van der Waals surface area contributed by atoms with Gasteiger partial charge in [0.1, 0.15) is 18.0 Å². The number of carbonyl (C=O) groups excluding carboxylic acids is 1. The van der Waals surface area contributed by atoms with Gasteiger partial charge in [0.25, 0.3) is 0 Å². The van der Waals surface area contributed by atoms with Crippen molar-refractivity contribution < 1.29 is 4.79 Å². The average molecular weight is 411 g/mol. The number of imidazole rings is 1. The average Bonchev–Trinajstić information content (AvgIpc) is 3.43. The smallest absolute Gasteiger partial charge is 0.228 e. The first kappa shape index (κ1) is 20.8. The Morgan fingerprint density at radius 1 is 1.30 bits per heavy atom. The number of amides is 1. The summed E-state index contributed by atoms with van der Waals surface area (Å²) in [6.07, 6.45) is 10.5. The van der Waals surface area contributed by atoms with Gasteiger partial charge in [-0.3, -0.25) is 4.79 Å². The van der Waals surface area contributed by atoms with Crippen molar-refractivity contribution in [1.82, 2.24) is 24.8 Å². The molecule has 0 unspecified atom stereocenters. The summed E-state index contributed by atoms with van der Waals surface area (Å²) >= 11 is 0. The number of rotatable bonds is 8. The van der Waals surface area contributed by atoms with E-state index >= 15 is 0 Å². The van der Waals surface area contributed by atoms with Crippen molar-refractivity contribution in [3.05, 3.63) is 36.3 Å². The second-order valence-corrected chi connectivity index (χ2v) is 9.28. The fourth-order valence-corrected chi connectivity index (χ4v) is 5.41. The zero-order chi connectivity index (χ0) is 21.3. The molecule has 0 saturated carbocycles. The topological polar surface area (TPSA) is 75.9 Å². The van der Waals surface area contributed by atoms with Crippen molar-refractivity contribution in [2.45, 2.75) is 85.0 Å². The van der Waals surface area contributed by atoms with Crippen LogP contribution in [0.4, 0.5) is 5.82 Å². The Bertz CT molecular complexity index is 893. The van der Waals surface area contributed by atoms with Crippen molar-refractivity contribution in [3.8, 4) is 0 Å². The SMILES string of the molecule is CCn1ccnc1CNC(=O)[C@@]1(CCC(C)C)C[C@H]2CC[C@@H]1N2c1cc(C)ncn1. The molecule has 30 heavy (non-hydrogen) atoms. The van der Waals surface area contributed by atoms with Crippen molar-refractivity contribution >= 4 is 11.7 Å². The Morgan fingerprint density at radius 3 is 2.87 bits per heavy atom. The number of fused-ring (bicyclic) bond motifs is 2.